The van der Waals surface area contributed by atoms with E-state index >= 15 is 0 Å². The van der Waals surface area contributed by atoms with Crippen LogP contribution in [0.1, 0.15) is 5.56 Å². The number of hydrogen-bond donors (Lipinski definition) is 1. The van der Waals surface area contributed by atoms with Crippen LogP contribution >= 0.6 is 11.6 Å². The van der Waals surface area contributed by atoms with Crippen molar-refractivity contribution in [2.75, 3.05) is 6.54 Å². The Bertz CT molecular complexity index is 590. The van der Waals surface area contributed by atoms with Crippen molar-refractivity contribution < 1.29 is 13.5 Å². The van der Waals surface area contributed by atoms with Gasteiger partial charge in [0.15, 0.2) is 11.6 Å². The van der Waals surface area contributed by atoms with Gasteiger partial charge in [-0.25, -0.2) is 4.39 Å². The van der Waals surface area contributed by atoms with Crippen molar-refractivity contribution >= 4 is 11.6 Å². The number of halogens is 3. The number of ether oxygens (including phenoxy) is 1. The topological polar surface area (TPSA) is 35.2 Å². The molecule has 2 rings (SSSR count). The molecule has 0 spiro atoms. The Morgan fingerprint density at radius 2 is 1.84 bits per heavy atom. The predicted molar refractivity (Wildman–Crippen MR) is 70.6 cm³/mol. The Morgan fingerprint density at radius 3 is 2.58 bits per heavy atom. The molecule has 100 valence electrons. The second-order valence-corrected chi connectivity index (χ2v) is 4.33. The van der Waals surface area contributed by atoms with Gasteiger partial charge >= 0.3 is 0 Å². The third-order valence-electron chi connectivity index (χ3n) is 2.59. The van der Waals surface area contributed by atoms with E-state index in [1.165, 1.54) is 12.1 Å². The van der Waals surface area contributed by atoms with Crippen LogP contribution in [0.3, 0.4) is 0 Å². The van der Waals surface area contributed by atoms with E-state index < -0.39 is 11.6 Å². The molecule has 0 aliphatic rings. The lowest BCUT2D eigenvalue weighted by Gasteiger charge is -2.13. The highest BCUT2D eigenvalue weighted by Gasteiger charge is 2.14. The van der Waals surface area contributed by atoms with Gasteiger partial charge in [-0.15, -0.1) is 0 Å². The highest BCUT2D eigenvalue weighted by atomic mass is 35.5. The smallest absolute Gasteiger partial charge is 0.201 e. The zero-order valence-corrected chi connectivity index (χ0v) is 10.8. The average molecular weight is 284 g/mol. The van der Waals surface area contributed by atoms with E-state index in [2.05, 4.69) is 0 Å². The molecule has 0 unspecified atom stereocenters. The second kappa shape index (κ2) is 5.99. The summed E-state index contributed by atoms with van der Waals surface area (Å²) in [6.07, 6.45) is 0.535. The maximum atomic E-state index is 13.6. The van der Waals surface area contributed by atoms with E-state index in [4.69, 9.17) is 22.1 Å². The summed E-state index contributed by atoms with van der Waals surface area (Å²) in [7, 11) is 0. The molecule has 0 atom stereocenters. The Kier molecular flexibility index (Phi) is 4.35. The van der Waals surface area contributed by atoms with Crippen LogP contribution < -0.4 is 10.5 Å². The SMILES string of the molecule is NCCc1cccc(Cl)c1Oc1cccc(F)c1F. The maximum Gasteiger partial charge on any atom is 0.201 e. The van der Waals surface area contributed by atoms with Crippen LogP contribution in [-0.4, -0.2) is 6.54 Å². The van der Waals surface area contributed by atoms with Crippen molar-refractivity contribution in [2.45, 2.75) is 6.42 Å². The van der Waals surface area contributed by atoms with Crippen molar-refractivity contribution in [3.63, 3.8) is 0 Å². The molecule has 2 N–H and O–H groups in total. The lowest BCUT2D eigenvalue weighted by molar-refractivity contribution is 0.413. The first-order chi connectivity index (χ1) is 9.13. The predicted octanol–water partition coefficient (Wildman–Crippen LogP) is 3.91. The summed E-state index contributed by atoms with van der Waals surface area (Å²) >= 11 is 6.03. The number of hydrogen-bond acceptors (Lipinski definition) is 2. The third kappa shape index (κ3) is 3.03. The molecule has 2 aromatic rings. The van der Waals surface area contributed by atoms with Gasteiger partial charge in [0.1, 0.15) is 5.75 Å². The molecule has 0 aliphatic heterocycles. The molecular weight excluding hydrogens is 272 g/mol. The number of benzene rings is 2. The van der Waals surface area contributed by atoms with E-state index in [9.17, 15) is 8.78 Å². The first-order valence-electron chi connectivity index (χ1n) is 5.73. The van der Waals surface area contributed by atoms with Crippen LogP contribution in [0.5, 0.6) is 11.5 Å². The molecule has 2 aromatic carbocycles. The van der Waals surface area contributed by atoms with Crippen LogP contribution in [-0.2, 0) is 6.42 Å². The molecule has 0 fully saturated rings. The van der Waals surface area contributed by atoms with Crippen LogP contribution in [0.2, 0.25) is 5.02 Å². The third-order valence-corrected chi connectivity index (χ3v) is 2.89. The number of para-hydroxylation sites is 1. The zero-order chi connectivity index (χ0) is 13.8. The van der Waals surface area contributed by atoms with Crippen LogP contribution in [0, 0.1) is 11.6 Å². The lowest BCUT2D eigenvalue weighted by atomic mass is 10.1. The fourth-order valence-corrected chi connectivity index (χ4v) is 1.93. The minimum Gasteiger partial charge on any atom is -0.452 e. The molecule has 0 aromatic heterocycles. The molecule has 0 heterocycles. The summed E-state index contributed by atoms with van der Waals surface area (Å²) < 4.78 is 32.1. The second-order valence-electron chi connectivity index (χ2n) is 3.92. The maximum absolute atomic E-state index is 13.6. The molecule has 0 saturated carbocycles. The first kappa shape index (κ1) is 13.8. The Hall–Kier alpha value is -1.65. The first-order valence-corrected chi connectivity index (χ1v) is 6.10. The Labute approximate surface area is 114 Å². The van der Waals surface area contributed by atoms with Gasteiger partial charge in [-0.3, -0.25) is 0 Å². The highest BCUT2D eigenvalue weighted by molar-refractivity contribution is 6.32. The molecular formula is C14H12ClF2NO. The number of rotatable bonds is 4. The van der Waals surface area contributed by atoms with Crippen molar-refractivity contribution in [3.8, 4) is 11.5 Å². The summed E-state index contributed by atoms with van der Waals surface area (Å²) in [5.74, 6) is -1.91. The molecule has 0 radical (unpaired) electrons. The van der Waals surface area contributed by atoms with Gasteiger partial charge in [0.2, 0.25) is 5.82 Å². The Balaban J connectivity index is 2.40. The van der Waals surface area contributed by atoms with E-state index in [-0.39, 0.29) is 5.75 Å². The summed E-state index contributed by atoms with van der Waals surface area (Å²) in [5.41, 5.74) is 6.24. The monoisotopic (exact) mass is 283 g/mol. The zero-order valence-electron chi connectivity index (χ0n) is 10.00. The van der Waals surface area contributed by atoms with Gasteiger partial charge in [0, 0.05) is 0 Å². The fraction of sp³-hybridized carbons (Fsp3) is 0.143. The van der Waals surface area contributed by atoms with Crippen LogP contribution in [0.25, 0.3) is 0 Å². The van der Waals surface area contributed by atoms with Gasteiger partial charge < -0.3 is 10.5 Å². The van der Waals surface area contributed by atoms with Crippen molar-refractivity contribution in [2.24, 2.45) is 5.73 Å². The van der Waals surface area contributed by atoms with E-state index in [0.29, 0.717) is 23.7 Å². The quantitative estimate of drug-likeness (QED) is 0.923. The van der Waals surface area contributed by atoms with Crippen LogP contribution in [0.15, 0.2) is 36.4 Å². The van der Waals surface area contributed by atoms with Gasteiger partial charge in [0.25, 0.3) is 0 Å². The average Bonchev–Trinajstić information content (AvgIpc) is 2.39. The van der Waals surface area contributed by atoms with E-state index in [1.54, 1.807) is 18.2 Å². The summed E-state index contributed by atoms with van der Waals surface area (Å²) in [4.78, 5) is 0. The highest BCUT2D eigenvalue weighted by Crippen LogP contribution is 2.34. The Morgan fingerprint density at radius 1 is 1.11 bits per heavy atom. The number of nitrogens with two attached hydrogens (primary N) is 1. The van der Waals surface area contributed by atoms with Gasteiger partial charge in [-0.1, -0.05) is 29.8 Å². The molecule has 5 heteroatoms. The lowest BCUT2D eigenvalue weighted by Crippen LogP contribution is -2.04. The molecule has 0 bridgehead atoms. The van der Waals surface area contributed by atoms with Gasteiger partial charge in [-0.05, 0) is 36.7 Å². The molecule has 0 saturated heterocycles. The van der Waals surface area contributed by atoms with Crippen LogP contribution in [0.4, 0.5) is 8.78 Å². The summed E-state index contributed by atoms with van der Waals surface area (Å²) in [6.45, 7) is 0.405. The summed E-state index contributed by atoms with van der Waals surface area (Å²) in [6, 6.07) is 8.89. The largest absolute Gasteiger partial charge is 0.452 e. The van der Waals surface area contributed by atoms with Crippen molar-refractivity contribution in [1.29, 1.82) is 0 Å². The van der Waals surface area contributed by atoms with Gasteiger partial charge in [-0.2, -0.15) is 4.39 Å². The van der Waals surface area contributed by atoms with E-state index in [1.807, 2.05) is 0 Å². The van der Waals surface area contributed by atoms with Crippen molar-refractivity contribution in [3.05, 3.63) is 58.6 Å². The van der Waals surface area contributed by atoms with E-state index in [0.717, 1.165) is 11.6 Å². The molecule has 0 amide bonds. The minimum atomic E-state index is -1.04. The van der Waals surface area contributed by atoms with Crippen molar-refractivity contribution in [1.82, 2.24) is 0 Å². The normalized spacial score (nSPS) is 10.5. The fourth-order valence-electron chi connectivity index (χ4n) is 1.69. The molecule has 0 aliphatic carbocycles. The minimum absolute atomic E-state index is 0.202. The molecule has 19 heavy (non-hydrogen) atoms. The molecule has 2 nitrogen and oxygen atoms in total. The standard InChI is InChI=1S/C14H12ClF2NO/c15-10-4-1-3-9(7-8-18)14(10)19-12-6-2-5-11(16)13(12)17/h1-6H,7-8,18H2. The summed E-state index contributed by atoms with van der Waals surface area (Å²) in [5, 5.41) is 0.328. The van der Waals surface area contributed by atoms with Gasteiger partial charge in [0.05, 0.1) is 5.02 Å².